The van der Waals surface area contributed by atoms with Crippen LogP contribution < -0.4 is 5.32 Å². The average molecular weight is 293 g/mol. The highest BCUT2D eigenvalue weighted by Crippen LogP contribution is 2.17. The Morgan fingerprint density at radius 1 is 1.45 bits per heavy atom. The summed E-state index contributed by atoms with van der Waals surface area (Å²) < 4.78 is 4.85. The highest BCUT2D eigenvalue weighted by atomic mass is 32.2. The quantitative estimate of drug-likeness (QED) is 0.810. The summed E-state index contributed by atoms with van der Waals surface area (Å²) in [5.74, 6) is -0.944. The SMILES string of the molecule is Cc1cc(NC(=O)CSc2cc(C(=O)O)ccn2)on1. The van der Waals surface area contributed by atoms with Gasteiger partial charge in [-0.2, -0.15) is 0 Å². The molecule has 0 aliphatic carbocycles. The van der Waals surface area contributed by atoms with Gasteiger partial charge in [0, 0.05) is 12.3 Å². The smallest absolute Gasteiger partial charge is 0.335 e. The van der Waals surface area contributed by atoms with E-state index in [0.717, 1.165) is 11.8 Å². The number of carboxylic acid groups (broad SMARTS) is 1. The molecule has 0 aliphatic heterocycles. The number of aryl methyl sites for hydroxylation is 1. The number of pyridine rings is 1. The van der Waals surface area contributed by atoms with Gasteiger partial charge in [-0.3, -0.25) is 10.1 Å². The van der Waals surface area contributed by atoms with Gasteiger partial charge in [0.05, 0.1) is 22.0 Å². The molecule has 0 spiro atoms. The van der Waals surface area contributed by atoms with Gasteiger partial charge in [0.2, 0.25) is 11.8 Å². The third-order valence-corrected chi connectivity index (χ3v) is 3.15. The number of aromatic carboxylic acids is 1. The van der Waals surface area contributed by atoms with E-state index in [2.05, 4.69) is 15.5 Å². The highest BCUT2D eigenvalue weighted by molar-refractivity contribution is 7.99. The van der Waals surface area contributed by atoms with Crippen LogP contribution in [0, 0.1) is 6.92 Å². The lowest BCUT2D eigenvalue weighted by Crippen LogP contribution is -2.13. The molecule has 1 amide bonds. The first-order valence-corrected chi connectivity index (χ1v) is 6.58. The Morgan fingerprint density at radius 3 is 2.90 bits per heavy atom. The van der Waals surface area contributed by atoms with E-state index in [1.165, 1.54) is 18.3 Å². The van der Waals surface area contributed by atoms with Gasteiger partial charge in [0.1, 0.15) is 0 Å². The normalized spacial score (nSPS) is 10.2. The molecule has 104 valence electrons. The second-order valence-corrected chi connectivity index (χ2v) is 4.85. The molecule has 2 N–H and O–H groups in total. The highest BCUT2D eigenvalue weighted by Gasteiger charge is 2.09. The summed E-state index contributed by atoms with van der Waals surface area (Å²) in [5.41, 5.74) is 0.803. The number of nitrogens with zero attached hydrogens (tertiary/aromatic N) is 2. The molecule has 0 aliphatic rings. The molecule has 0 unspecified atom stereocenters. The average Bonchev–Trinajstić information content (AvgIpc) is 2.82. The number of carboxylic acids is 1. The van der Waals surface area contributed by atoms with Crippen LogP contribution in [-0.2, 0) is 4.79 Å². The first-order valence-electron chi connectivity index (χ1n) is 5.60. The van der Waals surface area contributed by atoms with Gasteiger partial charge in [-0.15, -0.1) is 0 Å². The number of anilines is 1. The zero-order valence-corrected chi connectivity index (χ0v) is 11.3. The maximum Gasteiger partial charge on any atom is 0.335 e. The van der Waals surface area contributed by atoms with Gasteiger partial charge in [-0.05, 0) is 19.1 Å². The van der Waals surface area contributed by atoms with Crippen LogP contribution >= 0.6 is 11.8 Å². The molecule has 20 heavy (non-hydrogen) atoms. The van der Waals surface area contributed by atoms with Gasteiger partial charge in [-0.25, -0.2) is 9.78 Å². The maximum absolute atomic E-state index is 11.7. The number of amides is 1. The third kappa shape index (κ3) is 3.82. The van der Waals surface area contributed by atoms with Crippen molar-refractivity contribution >= 4 is 29.5 Å². The van der Waals surface area contributed by atoms with Crippen molar-refractivity contribution in [2.24, 2.45) is 0 Å². The molecule has 0 aromatic carbocycles. The minimum absolute atomic E-state index is 0.0931. The van der Waals surface area contributed by atoms with Gasteiger partial charge in [-0.1, -0.05) is 16.9 Å². The summed E-state index contributed by atoms with van der Waals surface area (Å²) in [6.07, 6.45) is 1.39. The van der Waals surface area contributed by atoms with Crippen LogP contribution in [0.5, 0.6) is 0 Å². The first kappa shape index (κ1) is 14.1. The molecule has 0 radical (unpaired) electrons. The molecule has 2 heterocycles. The Kier molecular flexibility index (Phi) is 4.36. The van der Waals surface area contributed by atoms with Crippen molar-refractivity contribution in [3.63, 3.8) is 0 Å². The molecule has 8 heteroatoms. The van der Waals surface area contributed by atoms with Crippen molar-refractivity contribution in [3.8, 4) is 0 Å². The molecule has 7 nitrogen and oxygen atoms in total. The second-order valence-electron chi connectivity index (χ2n) is 3.86. The number of carbonyl (C=O) groups is 2. The number of hydrogen-bond acceptors (Lipinski definition) is 6. The van der Waals surface area contributed by atoms with E-state index in [1.807, 2.05) is 0 Å². The van der Waals surface area contributed by atoms with Gasteiger partial charge in [0.25, 0.3) is 0 Å². The fourth-order valence-corrected chi connectivity index (χ4v) is 2.05. The monoisotopic (exact) mass is 293 g/mol. The second kappa shape index (κ2) is 6.20. The summed E-state index contributed by atoms with van der Waals surface area (Å²) in [4.78, 5) is 26.4. The van der Waals surface area contributed by atoms with E-state index in [0.29, 0.717) is 10.7 Å². The molecule has 0 bridgehead atoms. The van der Waals surface area contributed by atoms with Crippen molar-refractivity contribution < 1.29 is 19.2 Å². The van der Waals surface area contributed by atoms with Crippen LogP contribution in [0.4, 0.5) is 5.88 Å². The van der Waals surface area contributed by atoms with Crippen LogP contribution in [0.3, 0.4) is 0 Å². The first-order chi connectivity index (χ1) is 9.54. The fourth-order valence-electron chi connectivity index (χ4n) is 1.36. The van der Waals surface area contributed by atoms with E-state index in [9.17, 15) is 9.59 Å². The number of hydrogen-bond donors (Lipinski definition) is 2. The predicted molar refractivity (Wildman–Crippen MR) is 71.8 cm³/mol. The number of aromatic nitrogens is 2. The van der Waals surface area contributed by atoms with Gasteiger partial charge in [0.15, 0.2) is 0 Å². The zero-order valence-electron chi connectivity index (χ0n) is 10.5. The third-order valence-electron chi connectivity index (χ3n) is 2.22. The number of carbonyl (C=O) groups excluding carboxylic acids is 1. The van der Waals surface area contributed by atoms with Crippen LogP contribution in [0.2, 0.25) is 0 Å². The van der Waals surface area contributed by atoms with Gasteiger partial charge < -0.3 is 9.63 Å². The van der Waals surface area contributed by atoms with Crippen LogP contribution in [0.15, 0.2) is 33.9 Å². The number of nitrogens with one attached hydrogen (secondary N) is 1. The Balaban J connectivity index is 1.90. The lowest BCUT2D eigenvalue weighted by Gasteiger charge is -2.02. The molecular formula is C12H11N3O4S. The van der Waals surface area contributed by atoms with Crippen molar-refractivity contribution in [2.45, 2.75) is 11.9 Å². The summed E-state index contributed by atoms with van der Waals surface area (Å²) in [6.45, 7) is 1.75. The van der Waals surface area contributed by atoms with Crippen LogP contribution in [0.25, 0.3) is 0 Å². The van der Waals surface area contributed by atoms with E-state index < -0.39 is 5.97 Å². The van der Waals surface area contributed by atoms with E-state index in [1.54, 1.807) is 13.0 Å². The van der Waals surface area contributed by atoms with E-state index >= 15 is 0 Å². The topological polar surface area (TPSA) is 105 Å². The Labute approximate surface area is 118 Å². The van der Waals surface area contributed by atoms with Crippen molar-refractivity contribution in [2.75, 3.05) is 11.1 Å². The Morgan fingerprint density at radius 2 is 2.25 bits per heavy atom. The summed E-state index contributed by atoms with van der Waals surface area (Å²) >= 11 is 1.14. The molecule has 0 saturated heterocycles. The van der Waals surface area contributed by atoms with Crippen LogP contribution in [-0.4, -0.2) is 32.9 Å². The molecule has 2 aromatic rings. The standard InChI is InChI=1S/C12H11N3O4S/c1-7-4-10(19-15-7)14-9(16)6-20-11-5-8(12(17)18)2-3-13-11/h2-5H,6H2,1H3,(H,14,16)(H,17,18). The minimum atomic E-state index is -1.03. The number of thioether (sulfide) groups is 1. The van der Waals surface area contributed by atoms with E-state index in [4.69, 9.17) is 9.63 Å². The summed E-state index contributed by atoms with van der Waals surface area (Å²) in [6, 6.07) is 4.41. The molecule has 0 fully saturated rings. The van der Waals surface area contributed by atoms with Crippen molar-refractivity contribution in [3.05, 3.63) is 35.7 Å². The van der Waals surface area contributed by atoms with Gasteiger partial charge >= 0.3 is 5.97 Å². The molecular weight excluding hydrogens is 282 g/mol. The largest absolute Gasteiger partial charge is 0.478 e. The molecule has 0 saturated carbocycles. The van der Waals surface area contributed by atoms with E-state index in [-0.39, 0.29) is 23.1 Å². The zero-order chi connectivity index (χ0) is 14.5. The summed E-state index contributed by atoms with van der Waals surface area (Å²) in [5, 5.41) is 15.5. The predicted octanol–water partition coefficient (Wildman–Crippen LogP) is 1.81. The number of rotatable bonds is 5. The lowest BCUT2D eigenvalue weighted by atomic mass is 10.3. The molecule has 0 atom stereocenters. The molecule has 2 aromatic heterocycles. The Bertz CT molecular complexity index is 641. The van der Waals surface area contributed by atoms with Crippen molar-refractivity contribution in [1.82, 2.24) is 10.1 Å². The van der Waals surface area contributed by atoms with Crippen LogP contribution in [0.1, 0.15) is 16.1 Å². The Hall–Kier alpha value is -2.35. The maximum atomic E-state index is 11.7. The lowest BCUT2D eigenvalue weighted by molar-refractivity contribution is -0.113. The molecule has 2 rings (SSSR count). The fraction of sp³-hybridized carbons (Fsp3) is 0.167. The van der Waals surface area contributed by atoms with Crippen molar-refractivity contribution in [1.29, 1.82) is 0 Å². The minimum Gasteiger partial charge on any atom is -0.478 e. The summed E-state index contributed by atoms with van der Waals surface area (Å²) in [7, 11) is 0.